The molecule has 0 aliphatic heterocycles. The second kappa shape index (κ2) is 7.27. The maximum Gasteiger partial charge on any atom is 0.171 e. The molecule has 0 aliphatic carbocycles. The lowest BCUT2D eigenvalue weighted by atomic mass is 10.2. The van der Waals surface area contributed by atoms with Crippen LogP contribution in [-0.4, -0.2) is 14.7 Å². The van der Waals surface area contributed by atoms with Gasteiger partial charge in [-0.25, -0.2) is 4.98 Å². The molecule has 1 aromatic heterocycles. The van der Waals surface area contributed by atoms with Gasteiger partial charge in [0.25, 0.3) is 0 Å². The Bertz CT molecular complexity index is 819. The fraction of sp³-hybridized carbons (Fsp3) is 0.158. The highest BCUT2D eigenvalue weighted by Gasteiger charge is 2.02. The lowest BCUT2D eigenvalue weighted by Crippen LogP contribution is -2.27. The first-order valence-electron chi connectivity index (χ1n) is 7.82. The van der Waals surface area contributed by atoms with Crippen LogP contribution in [0.1, 0.15) is 17.0 Å². The zero-order valence-corrected chi connectivity index (χ0v) is 14.6. The highest BCUT2D eigenvalue weighted by molar-refractivity contribution is 7.80. The van der Waals surface area contributed by atoms with Crippen molar-refractivity contribution in [2.45, 2.75) is 20.4 Å². The van der Waals surface area contributed by atoms with Crippen LogP contribution < -0.4 is 10.6 Å². The Hall–Kier alpha value is -2.66. The van der Waals surface area contributed by atoms with E-state index >= 15 is 0 Å². The number of anilines is 1. The average molecular weight is 336 g/mol. The third kappa shape index (κ3) is 4.00. The monoisotopic (exact) mass is 336 g/mol. The van der Waals surface area contributed by atoms with Crippen molar-refractivity contribution < 1.29 is 0 Å². The first-order chi connectivity index (χ1) is 11.6. The van der Waals surface area contributed by atoms with Crippen LogP contribution in [-0.2, 0) is 6.54 Å². The molecule has 3 rings (SSSR count). The minimum absolute atomic E-state index is 0.619. The van der Waals surface area contributed by atoms with Crippen molar-refractivity contribution in [2.24, 2.45) is 0 Å². The van der Waals surface area contributed by atoms with E-state index in [9.17, 15) is 0 Å². The summed E-state index contributed by atoms with van der Waals surface area (Å²) in [6.07, 6.45) is 3.77. The number of nitrogens with zero attached hydrogens (tertiary/aromatic N) is 2. The van der Waals surface area contributed by atoms with Gasteiger partial charge in [-0.05, 0) is 55.9 Å². The van der Waals surface area contributed by atoms with Crippen LogP contribution in [0.15, 0.2) is 60.9 Å². The van der Waals surface area contributed by atoms with Gasteiger partial charge in [0.15, 0.2) is 5.11 Å². The Morgan fingerprint density at radius 2 is 1.75 bits per heavy atom. The second-order valence-electron chi connectivity index (χ2n) is 5.68. The Morgan fingerprint density at radius 3 is 2.38 bits per heavy atom. The summed E-state index contributed by atoms with van der Waals surface area (Å²) >= 11 is 5.34. The highest BCUT2D eigenvalue weighted by Crippen LogP contribution is 2.12. The third-order valence-electron chi connectivity index (χ3n) is 3.80. The average Bonchev–Trinajstić information content (AvgIpc) is 3.02. The van der Waals surface area contributed by atoms with Gasteiger partial charge in [-0.2, -0.15) is 0 Å². The minimum Gasteiger partial charge on any atom is -0.358 e. The number of nitrogens with one attached hydrogen (secondary N) is 2. The van der Waals surface area contributed by atoms with Crippen LogP contribution in [0, 0.1) is 13.8 Å². The predicted molar refractivity (Wildman–Crippen MR) is 103 cm³/mol. The molecule has 0 spiro atoms. The number of hydrogen-bond acceptors (Lipinski definition) is 2. The van der Waals surface area contributed by atoms with Crippen LogP contribution in [0.25, 0.3) is 5.69 Å². The van der Waals surface area contributed by atoms with E-state index in [0.29, 0.717) is 11.7 Å². The normalized spacial score (nSPS) is 10.4. The van der Waals surface area contributed by atoms with Crippen LogP contribution in [0.4, 0.5) is 5.69 Å². The van der Waals surface area contributed by atoms with E-state index in [4.69, 9.17) is 12.2 Å². The van der Waals surface area contributed by atoms with Gasteiger partial charge in [-0.1, -0.05) is 29.8 Å². The Kier molecular flexibility index (Phi) is 4.91. The van der Waals surface area contributed by atoms with Gasteiger partial charge in [0.1, 0.15) is 5.82 Å². The van der Waals surface area contributed by atoms with Gasteiger partial charge in [0, 0.05) is 30.3 Å². The zero-order chi connectivity index (χ0) is 16.9. The minimum atomic E-state index is 0.619. The van der Waals surface area contributed by atoms with Crippen molar-refractivity contribution >= 4 is 23.0 Å². The largest absolute Gasteiger partial charge is 0.358 e. The summed E-state index contributed by atoms with van der Waals surface area (Å²) in [6.45, 7) is 4.74. The number of aryl methyl sites for hydroxylation is 2. The number of thiocarbonyl (C=S) groups is 1. The van der Waals surface area contributed by atoms with Gasteiger partial charge >= 0.3 is 0 Å². The molecule has 0 aliphatic rings. The lowest BCUT2D eigenvalue weighted by molar-refractivity contribution is 0.920. The van der Waals surface area contributed by atoms with E-state index < -0.39 is 0 Å². The number of rotatable bonds is 4. The molecular formula is C19H20N4S. The summed E-state index contributed by atoms with van der Waals surface area (Å²) in [6, 6.07) is 16.5. The summed E-state index contributed by atoms with van der Waals surface area (Å²) in [4.78, 5) is 4.25. The first kappa shape index (κ1) is 16.2. The Balaban J connectivity index is 1.55. The lowest BCUT2D eigenvalue weighted by Gasteiger charge is -2.11. The van der Waals surface area contributed by atoms with Crippen LogP contribution in [0.5, 0.6) is 0 Å². The Morgan fingerprint density at radius 1 is 1.04 bits per heavy atom. The summed E-state index contributed by atoms with van der Waals surface area (Å²) in [5.41, 5.74) is 4.50. The maximum absolute atomic E-state index is 5.34. The molecule has 2 aromatic carbocycles. The van der Waals surface area contributed by atoms with Gasteiger partial charge in [-0.3, -0.25) is 0 Å². The third-order valence-corrected chi connectivity index (χ3v) is 4.05. The second-order valence-corrected chi connectivity index (χ2v) is 6.09. The summed E-state index contributed by atoms with van der Waals surface area (Å²) in [7, 11) is 0. The fourth-order valence-corrected chi connectivity index (χ4v) is 2.61. The molecule has 0 saturated heterocycles. The van der Waals surface area contributed by atoms with Crippen LogP contribution in [0.2, 0.25) is 0 Å². The van der Waals surface area contributed by atoms with Gasteiger partial charge in [0.2, 0.25) is 0 Å². The van der Waals surface area contributed by atoms with Gasteiger partial charge in [0.05, 0.1) is 0 Å². The summed E-state index contributed by atoms with van der Waals surface area (Å²) < 4.78 is 2.06. The quantitative estimate of drug-likeness (QED) is 0.707. The van der Waals surface area contributed by atoms with Crippen molar-refractivity contribution in [1.29, 1.82) is 0 Å². The van der Waals surface area contributed by atoms with Gasteiger partial charge in [-0.15, -0.1) is 0 Å². The summed E-state index contributed by atoms with van der Waals surface area (Å²) in [5.74, 6) is 0.976. The van der Waals surface area contributed by atoms with E-state index in [1.807, 2.05) is 25.3 Å². The van der Waals surface area contributed by atoms with E-state index in [0.717, 1.165) is 17.2 Å². The zero-order valence-electron chi connectivity index (χ0n) is 13.8. The van der Waals surface area contributed by atoms with Crippen molar-refractivity contribution in [3.8, 4) is 5.69 Å². The van der Waals surface area contributed by atoms with E-state index in [-0.39, 0.29) is 0 Å². The topological polar surface area (TPSA) is 41.9 Å². The molecule has 1 heterocycles. The summed E-state index contributed by atoms with van der Waals surface area (Å²) in [5, 5.41) is 7.04. The van der Waals surface area contributed by atoms with Crippen molar-refractivity contribution in [3.05, 3.63) is 77.9 Å². The number of benzene rings is 2. The number of aromatic nitrogens is 2. The predicted octanol–water partition coefficient (Wildman–Crippen LogP) is 3.98. The SMILES string of the molecule is Cc1ccc(NC(=S)NCc2ccc(-n3ccnc3C)cc2)cc1. The molecular weight excluding hydrogens is 316 g/mol. The number of hydrogen-bond donors (Lipinski definition) is 2. The molecule has 0 amide bonds. The van der Waals surface area contributed by atoms with E-state index in [1.54, 1.807) is 6.20 Å². The maximum atomic E-state index is 5.34. The molecule has 0 atom stereocenters. The molecule has 0 bridgehead atoms. The Labute approximate surface area is 147 Å². The molecule has 0 saturated carbocycles. The molecule has 2 N–H and O–H groups in total. The van der Waals surface area contributed by atoms with Crippen molar-refractivity contribution in [1.82, 2.24) is 14.9 Å². The number of imidazole rings is 1. The van der Waals surface area contributed by atoms with E-state index in [1.165, 1.54) is 11.1 Å². The molecule has 0 unspecified atom stereocenters. The smallest absolute Gasteiger partial charge is 0.171 e. The highest BCUT2D eigenvalue weighted by atomic mass is 32.1. The molecule has 0 radical (unpaired) electrons. The molecule has 4 nitrogen and oxygen atoms in total. The molecule has 5 heteroatoms. The van der Waals surface area contributed by atoms with Crippen molar-refractivity contribution in [2.75, 3.05) is 5.32 Å². The molecule has 24 heavy (non-hydrogen) atoms. The molecule has 122 valence electrons. The van der Waals surface area contributed by atoms with Crippen LogP contribution >= 0.6 is 12.2 Å². The first-order valence-corrected chi connectivity index (χ1v) is 8.23. The molecule has 3 aromatic rings. The van der Waals surface area contributed by atoms with E-state index in [2.05, 4.69) is 63.5 Å². The van der Waals surface area contributed by atoms with Gasteiger partial charge < -0.3 is 15.2 Å². The standard InChI is InChI=1S/C19H20N4S/c1-14-3-7-17(8-4-14)22-19(24)21-13-16-5-9-18(10-6-16)23-12-11-20-15(23)2/h3-12H,13H2,1-2H3,(H2,21,22,24). The van der Waals surface area contributed by atoms with Crippen LogP contribution in [0.3, 0.4) is 0 Å². The fourth-order valence-electron chi connectivity index (χ4n) is 2.42. The molecule has 0 fully saturated rings. The van der Waals surface area contributed by atoms with Crippen molar-refractivity contribution in [3.63, 3.8) is 0 Å².